The highest BCUT2D eigenvalue weighted by Crippen LogP contribution is 2.23. The topological polar surface area (TPSA) is 95.6 Å². The number of amides is 2. The predicted octanol–water partition coefficient (Wildman–Crippen LogP) is 2.98. The molecule has 2 rings (SSSR count). The fourth-order valence-corrected chi connectivity index (χ4v) is 4.01. The lowest BCUT2D eigenvalue weighted by atomic mass is 10.2. The highest BCUT2D eigenvalue weighted by molar-refractivity contribution is 9.10. The zero-order chi connectivity index (χ0) is 20.2. The molecule has 0 spiro atoms. The van der Waals surface area contributed by atoms with Crippen molar-refractivity contribution in [2.75, 3.05) is 24.2 Å². The minimum atomic E-state index is -3.84. The molecule has 0 heterocycles. The molecule has 0 fully saturated rings. The average Bonchev–Trinajstić information content (AvgIpc) is 2.57. The van der Waals surface area contributed by atoms with E-state index in [0.717, 1.165) is 14.3 Å². The number of nitrogens with zero attached hydrogens (tertiary/aromatic N) is 1. The van der Waals surface area contributed by atoms with Crippen molar-refractivity contribution in [3.63, 3.8) is 0 Å². The van der Waals surface area contributed by atoms with Gasteiger partial charge in [-0.3, -0.25) is 9.59 Å². The summed E-state index contributed by atoms with van der Waals surface area (Å²) in [6, 6.07) is 11.2. The smallest absolute Gasteiger partial charge is 0.243 e. The number of rotatable bonds is 6. The molecule has 144 valence electrons. The maximum absolute atomic E-state index is 12.6. The summed E-state index contributed by atoms with van der Waals surface area (Å²) >= 11 is 3.37. The van der Waals surface area contributed by atoms with E-state index in [-0.39, 0.29) is 17.3 Å². The first-order chi connectivity index (χ1) is 12.6. The molecule has 2 amide bonds. The van der Waals surface area contributed by atoms with Gasteiger partial charge in [0, 0.05) is 24.1 Å². The lowest BCUT2D eigenvalue weighted by molar-refractivity contribution is -0.116. The molecule has 0 aromatic heterocycles. The van der Waals surface area contributed by atoms with Gasteiger partial charge >= 0.3 is 0 Å². The van der Waals surface area contributed by atoms with Crippen LogP contribution in [0.1, 0.15) is 12.5 Å². The summed E-state index contributed by atoms with van der Waals surface area (Å²) in [5, 5.41) is 5.25. The largest absolute Gasteiger partial charge is 0.326 e. The van der Waals surface area contributed by atoms with Crippen LogP contribution in [0.15, 0.2) is 51.8 Å². The summed E-state index contributed by atoms with van der Waals surface area (Å²) in [6.45, 7) is 2.95. The molecule has 0 atom stereocenters. The minimum absolute atomic E-state index is 0.0309. The fraction of sp³-hybridized carbons (Fsp3) is 0.222. The van der Waals surface area contributed by atoms with Crippen molar-refractivity contribution >= 4 is 49.1 Å². The molecule has 2 aromatic rings. The van der Waals surface area contributed by atoms with E-state index in [0.29, 0.717) is 11.4 Å². The quantitative estimate of drug-likeness (QED) is 0.702. The van der Waals surface area contributed by atoms with Crippen molar-refractivity contribution in [3.05, 3.63) is 52.5 Å². The molecule has 0 aliphatic rings. The second kappa shape index (κ2) is 8.64. The van der Waals surface area contributed by atoms with Crippen LogP contribution in [0.25, 0.3) is 0 Å². The zero-order valence-corrected chi connectivity index (χ0v) is 17.5. The van der Waals surface area contributed by atoms with E-state index in [1.165, 1.54) is 38.2 Å². The molecule has 7 nitrogen and oxygen atoms in total. The van der Waals surface area contributed by atoms with Gasteiger partial charge in [0.15, 0.2) is 0 Å². The van der Waals surface area contributed by atoms with Crippen LogP contribution in [0.5, 0.6) is 0 Å². The Bertz CT molecular complexity index is 959. The Balaban J connectivity index is 2.07. The number of nitrogens with one attached hydrogen (secondary N) is 2. The molecule has 0 unspecified atom stereocenters. The number of likely N-dealkylation sites (N-methyl/N-ethyl adjacent to an activating group) is 1. The molecule has 9 heteroatoms. The van der Waals surface area contributed by atoms with Gasteiger partial charge in [-0.1, -0.05) is 6.07 Å². The fourth-order valence-electron chi connectivity index (χ4n) is 2.29. The normalized spacial score (nSPS) is 11.3. The number of carbonyl (C=O) groups is 2. The van der Waals surface area contributed by atoms with Crippen LogP contribution in [0, 0.1) is 6.92 Å². The Morgan fingerprint density at radius 2 is 1.70 bits per heavy atom. The molecule has 2 N–H and O–H groups in total. The molecular weight excluding hydrogens is 434 g/mol. The molecule has 0 aliphatic heterocycles. The SMILES string of the molecule is CC(=O)Nc1ccc(S(=O)(=O)N(C)CC(=O)Nc2ccc(C)cc2Br)cc1. The van der Waals surface area contributed by atoms with E-state index >= 15 is 0 Å². The van der Waals surface area contributed by atoms with Crippen molar-refractivity contribution in [2.24, 2.45) is 0 Å². The Morgan fingerprint density at radius 3 is 2.26 bits per heavy atom. The van der Waals surface area contributed by atoms with Gasteiger partial charge in [-0.05, 0) is 64.8 Å². The van der Waals surface area contributed by atoms with E-state index in [1.54, 1.807) is 6.07 Å². The number of carbonyl (C=O) groups excluding carboxylic acids is 2. The highest BCUT2D eigenvalue weighted by Gasteiger charge is 2.23. The number of aryl methyl sites for hydroxylation is 1. The standard InChI is InChI=1S/C18H20BrN3O4S/c1-12-4-9-17(16(19)10-12)21-18(24)11-22(3)27(25,26)15-7-5-14(6-8-15)20-13(2)23/h4-10H,11H2,1-3H3,(H,20,23)(H,21,24). The Labute approximate surface area is 166 Å². The highest BCUT2D eigenvalue weighted by atomic mass is 79.9. The van der Waals surface area contributed by atoms with Crippen molar-refractivity contribution < 1.29 is 18.0 Å². The number of benzene rings is 2. The molecule has 0 saturated heterocycles. The number of hydrogen-bond donors (Lipinski definition) is 2. The second-order valence-corrected chi connectivity index (χ2v) is 8.90. The van der Waals surface area contributed by atoms with Crippen LogP contribution >= 0.6 is 15.9 Å². The Hall–Kier alpha value is -2.23. The third-order valence-electron chi connectivity index (χ3n) is 3.65. The van der Waals surface area contributed by atoms with Gasteiger partial charge < -0.3 is 10.6 Å². The molecular formula is C18H20BrN3O4S. The maximum atomic E-state index is 12.6. The van der Waals surface area contributed by atoms with Crippen molar-refractivity contribution in [2.45, 2.75) is 18.7 Å². The summed E-state index contributed by atoms with van der Waals surface area (Å²) in [4.78, 5) is 23.3. The van der Waals surface area contributed by atoms with Crippen LogP contribution < -0.4 is 10.6 Å². The van der Waals surface area contributed by atoms with Crippen LogP contribution in [-0.4, -0.2) is 38.1 Å². The Morgan fingerprint density at radius 1 is 1.07 bits per heavy atom. The van der Waals surface area contributed by atoms with Gasteiger partial charge in [-0.2, -0.15) is 4.31 Å². The summed E-state index contributed by atoms with van der Waals surface area (Å²) in [5.74, 6) is -0.706. The lowest BCUT2D eigenvalue weighted by Gasteiger charge is -2.17. The van der Waals surface area contributed by atoms with Crippen LogP contribution in [0.3, 0.4) is 0 Å². The van der Waals surface area contributed by atoms with Gasteiger partial charge in [0.05, 0.1) is 17.1 Å². The van der Waals surface area contributed by atoms with E-state index in [2.05, 4.69) is 26.6 Å². The van der Waals surface area contributed by atoms with Gasteiger partial charge in [-0.15, -0.1) is 0 Å². The summed E-state index contributed by atoms with van der Waals surface area (Å²) in [7, 11) is -2.51. The van der Waals surface area contributed by atoms with Crippen LogP contribution in [0.4, 0.5) is 11.4 Å². The van der Waals surface area contributed by atoms with Crippen molar-refractivity contribution in [1.82, 2.24) is 4.31 Å². The molecule has 0 saturated carbocycles. The van der Waals surface area contributed by atoms with E-state index in [9.17, 15) is 18.0 Å². The van der Waals surface area contributed by atoms with Crippen molar-refractivity contribution in [3.8, 4) is 0 Å². The molecule has 0 radical (unpaired) electrons. The number of anilines is 2. The van der Waals surface area contributed by atoms with Crippen LogP contribution in [0.2, 0.25) is 0 Å². The van der Waals surface area contributed by atoms with Crippen LogP contribution in [-0.2, 0) is 19.6 Å². The Kier molecular flexibility index (Phi) is 6.74. The third-order valence-corrected chi connectivity index (χ3v) is 6.12. The summed E-state index contributed by atoms with van der Waals surface area (Å²) < 4.78 is 26.9. The number of hydrogen-bond acceptors (Lipinski definition) is 4. The number of halogens is 1. The molecule has 0 aliphatic carbocycles. The van der Waals surface area contributed by atoms with Gasteiger partial charge in [0.1, 0.15) is 0 Å². The molecule has 27 heavy (non-hydrogen) atoms. The van der Waals surface area contributed by atoms with Gasteiger partial charge in [0.25, 0.3) is 0 Å². The van der Waals surface area contributed by atoms with Gasteiger partial charge in [0.2, 0.25) is 21.8 Å². The predicted molar refractivity (Wildman–Crippen MR) is 108 cm³/mol. The first kappa shape index (κ1) is 21.1. The summed E-state index contributed by atoms with van der Waals surface area (Å²) in [5.41, 5.74) is 2.09. The first-order valence-electron chi connectivity index (χ1n) is 7.99. The summed E-state index contributed by atoms with van der Waals surface area (Å²) in [6.07, 6.45) is 0. The van der Waals surface area contributed by atoms with E-state index < -0.39 is 15.9 Å². The second-order valence-electron chi connectivity index (χ2n) is 6.00. The average molecular weight is 454 g/mol. The van der Waals surface area contributed by atoms with E-state index in [4.69, 9.17) is 0 Å². The lowest BCUT2D eigenvalue weighted by Crippen LogP contribution is -2.35. The molecule has 0 bridgehead atoms. The third kappa shape index (κ3) is 5.62. The zero-order valence-electron chi connectivity index (χ0n) is 15.1. The minimum Gasteiger partial charge on any atom is -0.326 e. The monoisotopic (exact) mass is 453 g/mol. The van der Waals surface area contributed by atoms with Gasteiger partial charge in [-0.25, -0.2) is 8.42 Å². The molecule has 2 aromatic carbocycles. The van der Waals surface area contributed by atoms with E-state index in [1.807, 2.05) is 19.1 Å². The first-order valence-corrected chi connectivity index (χ1v) is 10.2. The number of sulfonamides is 1. The maximum Gasteiger partial charge on any atom is 0.243 e. The van der Waals surface area contributed by atoms with Crippen molar-refractivity contribution in [1.29, 1.82) is 0 Å².